The number of Topliss-reactive ketones (excluding diaryl/α,β-unsaturated/α-hetero) is 1. The minimum Gasteiger partial charge on any atom is -0.469 e. The van der Waals surface area contributed by atoms with Gasteiger partial charge in [-0.25, -0.2) is 4.90 Å². The van der Waals surface area contributed by atoms with E-state index < -0.39 is 6.41 Å². The summed E-state index contributed by atoms with van der Waals surface area (Å²) in [5.74, 6) is -0.0816. The second-order valence-electron chi connectivity index (χ2n) is 10.5. The molecule has 1 aromatic heterocycles. The number of ether oxygens (including phenoxy) is 3. The van der Waals surface area contributed by atoms with Crippen molar-refractivity contribution in [2.75, 3.05) is 26.1 Å². The molecular weight excluding hydrogens is 498 g/mol. The Balaban J connectivity index is 1.20. The summed E-state index contributed by atoms with van der Waals surface area (Å²) in [4.78, 5) is 31.9. The number of nitrogens with one attached hydrogen (secondary N) is 1. The van der Waals surface area contributed by atoms with E-state index in [4.69, 9.17) is 18.6 Å². The third-order valence-corrected chi connectivity index (χ3v) is 7.87. The van der Waals surface area contributed by atoms with Crippen molar-refractivity contribution in [2.45, 2.75) is 70.4 Å². The molecule has 2 aromatic carbocycles. The van der Waals surface area contributed by atoms with Crippen molar-refractivity contribution in [3.63, 3.8) is 0 Å². The minimum absolute atomic E-state index is 0.0106. The lowest BCUT2D eigenvalue weighted by Crippen LogP contribution is -2.47. The maximum absolute atomic E-state index is 13.4. The normalized spacial score (nSPS) is 22.6. The first-order valence-corrected chi connectivity index (χ1v) is 13.7. The molecule has 3 aromatic rings. The van der Waals surface area contributed by atoms with Crippen LogP contribution in [0.15, 0.2) is 46.9 Å². The molecule has 2 fully saturated rings. The number of aryl methyl sites for hydroxylation is 1. The van der Waals surface area contributed by atoms with Crippen LogP contribution < -0.4 is 5.32 Å². The Morgan fingerprint density at radius 1 is 1.10 bits per heavy atom. The monoisotopic (exact) mass is 535 g/mol. The Labute approximate surface area is 228 Å². The van der Waals surface area contributed by atoms with Crippen molar-refractivity contribution in [1.29, 1.82) is 0 Å². The highest BCUT2D eigenvalue weighted by molar-refractivity contribution is 5.87. The van der Waals surface area contributed by atoms with E-state index in [9.17, 15) is 9.59 Å². The number of hydrogen-bond acceptors (Lipinski definition) is 9. The summed E-state index contributed by atoms with van der Waals surface area (Å²) in [6.45, 7) is 2.76. The maximum Gasteiger partial charge on any atom is 0.308 e. The van der Waals surface area contributed by atoms with Crippen LogP contribution in [0.3, 0.4) is 0 Å². The number of hydrogen-bond donors (Lipinski definition) is 1. The van der Waals surface area contributed by atoms with E-state index in [1.807, 2.05) is 54.3 Å². The SMILES string of the molecule is COC(=O)C1CCC(O[C@H](OC)N2CCC[C@H]2C(=O)Cc2ccc3nc(Nc4ccccc4C)oc3c2)CC1. The average molecular weight is 536 g/mol. The Morgan fingerprint density at radius 3 is 2.64 bits per heavy atom. The van der Waals surface area contributed by atoms with E-state index in [0.29, 0.717) is 18.0 Å². The van der Waals surface area contributed by atoms with Gasteiger partial charge in [0.1, 0.15) is 5.52 Å². The van der Waals surface area contributed by atoms with Crippen LogP contribution in [-0.4, -0.2) is 61.0 Å². The van der Waals surface area contributed by atoms with Crippen molar-refractivity contribution in [2.24, 2.45) is 5.92 Å². The number of methoxy groups -OCH3 is 2. The van der Waals surface area contributed by atoms with Gasteiger partial charge in [0, 0.05) is 25.8 Å². The first kappa shape index (κ1) is 27.3. The molecule has 1 aliphatic heterocycles. The van der Waals surface area contributed by atoms with E-state index in [1.54, 1.807) is 7.11 Å². The third kappa shape index (κ3) is 6.32. The number of fused-ring (bicyclic) bond motifs is 1. The summed E-state index contributed by atoms with van der Waals surface area (Å²) < 4.78 is 22.9. The topological polar surface area (TPSA) is 103 Å². The van der Waals surface area contributed by atoms with Gasteiger partial charge in [0.2, 0.25) is 6.41 Å². The first-order valence-electron chi connectivity index (χ1n) is 13.7. The predicted molar refractivity (Wildman–Crippen MR) is 147 cm³/mol. The summed E-state index contributed by atoms with van der Waals surface area (Å²) in [5, 5.41) is 3.23. The third-order valence-electron chi connectivity index (χ3n) is 7.87. The van der Waals surface area contributed by atoms with Gasteiger partial charge in [0.15, 0.2) is 11.4 Å². The van der Waals surface area contributed by atoms with Crippen LogP contribution in [0, 0.1) is 12.8 Å². The van der Waals surface area contributed by atoms with Gasteiger partial charge in [0.05, 0.1) is 25.2 Å². The lowest BCUT2D eigenvalue weighted by atomic mass is 9.87. The van der Waals surface area contributed by atoms with Crippen molar-refractivity contribution in [3.8, 4) is 0 Å². The molecule has 2 heterocycles. The van der Waals surface area contributed by atoms with Crippen molar-refractivity contribution in [1.82, 2.24) is 9.88 Å². The van der Waals surface area contributed by atoms with Crippen LogP contribution in [0.2, 0.25) is 0 Å². The highest BCUT2D eigenvalue weighted by Crippen LogP contribution is 2.31. The van der Waals surface area contributed by atoms with Crippen LogP contribution in [0.5, 0.6) is 0 Å². The lowest BCUT2D eigenvalue weighted by Gasteiger charge is -2.35. The van der Waals surface area contributed by atoms with E-state index in [0.717, 1.165) is 67.4 Å². The zero-order valence-electron chi connectivity index (χ0n) is 22.9. The molecule has 1 saturated heterocycles. The van der Waals surface area contributed by atoms with Crippen molar-refractivity contribution < 1.29 is 28.2 Å². The number of anilines is 2. The number of ketones is 1. The second kappa shape index (κ2) is 12.3. The molecule has 208 valence electrons. The number of oxazole rings is 1. The van der Waals surface area contributed by atoms with E-state index in [-0.39, 0.29) is 29.8 Å². The van der Waals surface area contributed by atoms with Gasteiger partial charge < -0.3 is 23.9 Å². The molecule has 0 radical (unpaired) electrons. The largest absolute Gasteiger partial charge is 0.469 e. The quantitative estimate of drug-likeness (QED) is 0.279. The fraction of sp³-hybridized carbons (Fsp3) is 0.500. The molecule has 9 nitrogen and oxygen atoms in total. The Hall–Kier alpha value is -3.27. The van der Waals surface area contributed by atoms with Gasteiger partial charge in [0.25, 0.3) is 6.01 Å². The highest BCUT2D eigenvalue weighted by Gasteiger charge is 2.38. The number of rotatable bonds is 10. The number of nitrogens with zero attached hydrogens (tertiary/aromatic N) is 2. The number of benzene rings is 2. The summed E-state index contributed by atoms with van der Waals surface area (Å²) in [6, 6.07) is 13.8. The number of likely N-dealkylation sites (tertiary alicyclic amines) is 1. The zero-order valence-corrected chi connectivity index (χ0v) is 22.9. The number of carbonyl (C=O) groups is 2. The van der Waals surface area contributed by atoms with Gasteiger partial charge in [-0.2, -0.15) is 4.98 Å². The Morgan fingerprint density at radius 2 is 1.90 bits per heavy atom. The molecule has 1 saturated carbocycles. The molecule has 2 atom stereocenters. The maximum atomic E-state index is 13.4. The fourth-order valence-electron chi connectivity index (χ4n) is 5.70. The number of aromatic nitrogens is 1. The number of esters is 1. The summed E-state index contributed by atoms with van der Waals surface area (Å²) >= 11 is 0. The second-order valence-corrected chi connectivity index (χ2v) is 10.5. The van der Waals surface area contributed by atoms with Crippen LogP contribution in [0.1, 0.15) is 49.7 Å². The zero-order chi connectivity index (χ0) is 27.4. The molecular formula is C30H37N3O6. The molecule has 5 rings (SSSR count). The molecule has 39 heavy (non-hydrogen) atoms. The van der Waals surface area contributed by atoms with Gasteiger partial charge in [-0.05, 0) is 74.8 Å². The van der Waals surface area contributed by atoms with Crippen molar-refractivity contribution in [3.05, 3.63) is 53.6 Å². The van der Waals surface area contributed by atoms with Gasteiger partial charge in [-0.15, -0.1) is 0 Å². The van der Waals surface area contributed by atoms with Crippen LogP contribution in [0.25, 0.3) is 11.1 Å². The Kier molecular flexibility index (Phi) is 8.60. The predicted octanol–water partition coefficient (Wildman–Crippen LogP) is 5.13. The standard InChI is InChI=1S/C30H37N3O6/c1-19-7-4-5-8-23(19)31-29-32-24-15-10-20(18-27(24)39-29)17-26(34)25-9-6-16-33(25)30(37-3)38-22-13-11-21(12-14-22)28(35)36-2/h4-5,7-8,10,15,18,21-22,25,30H,6,9,11-14,16-17H2,1-3H3,(H,31,32)/t21?,22?,25-,30-/m0/s1. The van der Waals surface area contributed by atoms with Crippen LogP contribution >= 0.6 is 0 Å². The fourth-order valence-corrected chi connectivity index (χ4v) is 5.70. The Bertz CT molecular complexity index is 1300. The van der Waals surface area contributed by atoms with E-state index in [2.05, 4.69) is 10.3 Å². The molecule has 0 unspecified atom stereocenters. The average Bonchev–Trinajstić information content (AvgIpc) is 3.60. The molecule has 2 aliphatic rings. The number of para-hydroxylation sites is 1. The molecule has 1 N–H and O–H groups in total. The molecule has 0 amide bonds. The van der Waals surface area contributed by atoms with Gasteiger partial charge in [-0.1, -0.05) is 24.3 Å². The first-order chi connectivity index (χ1) is 18.9. The molecule has 9 heteroatoms. The highest BCUT2D eigenvalue weighted by atomic mass is 16.7. The molecule has 0 spiro atoms. The lowest BCUT2D eigenvalue weighted by molar-refractivity contribution is -0.240. The van der Waals surface area contributed by atoms with E-state index in [1.165, 1.54) is 7.11 Å². The minimum atomic E-state index is -0.590. The summed E-state index contributed by atoms with van der Waals surface area (Å²) in [7, 11) is 3.05. The summed E-state index contributed by atoms with van der Waals surface area (Å²) in [6.07, 6.45) is 4.38. The molecule has 1 aliphatic carbocycles. The van der Waals surface area contributed by atoms with Gasteiger partial charge >= 0.3 is 5.97 Å². The summed E-state index contributed by atoms with van der Waals surface area (Å²) in [5.41, 5.74) is 4.29. The van der Waals surface area contributed by atoms with Crippen LogP contribution in [0.4, 0.5) is 11.7 Å². The van der Waals surface area contributed by atoms with Crippen LogP contribution in [-0.2, 0) is 30.2 Å². The van der Waals surface area contributed by atoms with E-state index >= 15 is 0 Å². The van der Waals surface area contributed by atoms with Gasteiger partial charge in [-0.3, -0.25) is 9.59 Å². The number of carbonyl (C=O) groups excluding carboxylic acids is 2. The smallest absolute Gasteiger partial charge is 0.308 e. The molecule has 0 bridgehead atoms. The van der Waals surface area contributed by atoms with Crippen molar-refractivity contribution >= 4 is 34.6 Å².